The molecular weight excluding hydrogens is 419 g/mol. The fourth-order valence-corrected chi connectivity index (χ4v) is 5.26. The number of nitrogens with two attached hydrogens (primary N) is 1. The average molecular weight is 447 g/mol. The van der Waals surface area contributed by atoms with Gasteiger partial charge in [-0.25, -0.2) is 9.37 Å². The maximum Gasteiger partial charge on any atom is 0.229 e. The van der Waals surface area contributed by atoms with Gasteiger partial charge in [-0.3, -0.25) is 14.8 Å². The van der Waals surface area contributed by atoms with Gasteiger partial charge in [0.1, 0.15) is 5.82 Å². The van der Waals surface area contributed by atoms with Crippen molar-refractivity contribution in [3.8, 4) is 11.1 Å². The van der Waals surface area contributed by atoms with Gasteiger partial charge in [-0.2, -0.15) is 0 Å². The van der Waals surface area contributed by atoms with Gasteiger partial charge < -0.3 is 16.4 Å². The third-order valence-corrected chi connectivity index (χ3v) is 7.16. The van der Waals surface area contributed by atoms with Crippen LogP contribution in [0.5, 0.6) is 0 Å². The lowest BCUT2D eigenvalue weighted by atomic mass is 9.78. The number of nitrogens with one attached hydrogen (secondary N) is 2. The number of benzene rings is 1. The highest BCUT2D eigenvalue weighted by molar-refractivity contribution is 6.00. The molecule has 2 aliphatic rings. The van der Waals surface area contributed by atoms with Gasteiger partial charge >= 0.3 is 0 Å². The third kappa shape index (κ3) is 3.69. The molecule has 0 radical (unpaired) electrons. The van der Waals surface area contributed by atoms with Gasteiger partial charge in [0.2, 0.25) is 5.91 Å². The van der Waals surface area contributed by atoms with Crippen LogP contribution in [-0.4, -0.2) is 34.3 Å². The fourth-order valence-electron chi connectivity index (χ4n) is 5.26. The summed E-state index contributed by atoms with van der Waals surface area (Å²) < 4.78 is 15.1. The molecule has 7 nitrogen and oxygen atoms in total. The van der Waals surface area contributed by atoms with Crippen LogP contribution in [-0.2, 0) is 4.79 Å². The number of nitrogens with zero attached hydrogens (tertiary/aromatic N) is 3. The zero-order valence-electron chi connectivity index (χ0n) is 18.7. The zero-order chi connectivity index (χ0) is 23.2. The monoisotopic (exact) mass is 446 g/mol. The third-order valence-electron chi connectivity index (χ3n) is 7.16. The minimum absolute atomic E-state index is 0.0345. The lowest BCUT2D eigenvalue weighted by Gasteiger charge is -2.34. The molecule has 5 rings (SSSR count). The van der Waals surface area contributed by atoms with Gasteiger partial charge in [0, 0.05) is 41.0 Å². The number of amides is 1. The molecule has 1 saturated carbocycles. The number of hydrogen-bond acceptors (Lipinski definition) is 6. The second kappa shape index (κ2) is 8.10. The Labute approximate surface area is 191 Å². The smallest absolute Gasteiger partial charge is 0.229 e. The zero-order valence-corrected chi connectivity index (χ0v) is 18.7. The molecule has 170 valence electrons. The maximum atomic E-state index is 15.1. The Morgan fingerprint density at radius 3 is 2.88 bits per heavy atom. The van der Waals surface area contributed by atoms with E-state index >= 15 is 4.39 Å². The van der Waals surface area contributed by atoms with E-state index in [4.69, 9.17) is 5.73 Å². The maximum absolute atomic E-state index is 15.1. The van der Waals surface area contributed by atoms with E-state index in [1.165, 1.54) is 6.20 Å². The van der Waals surface area contributed by atoms with Gasteiger partial charge in [-0.05, 0) is 61.8 Å². The number of nitrogen functional groups attached to an aromatic ring is 1. The summed E-state index contributed by atoms with van der Waals surface area (Å²) in [5.41, 5.74) is 7.91. The fraction of sp³-hybridized carbons (Fsp3) is 0.360. The van der Waals surface area contributed by atoms with Crippen LogP contribution in [0.2, 0.25) is 0 Å². The van der Waals surface area contributed by atoms with Gasteiger partial charge in [0.15, 0.2) is 5.82 Å². The van der Waals surface area contributed by atoms with E-state index in [1.54, 1.807) is 30.9 Å². The normalized spacial score (nSPS) is 24.2. The van der Waals surface area contributed by atoms with Crippen molar-refractivity contribution in [1.29, 1.82) is 0 Å². The van der Waals surface area contributed by atoms with Gasteiger partial charge in [-0.1, -0.05) is 6.42 Å². The van der Waals surface area contributed by atoms with Crippen molar-refractivity contribution >= 4 is 34.5 Å². The number of aliphatic imine (C=N–C) groups is 1. The SMILES string of the molecule is Cc1ccncc1-c1cc2cc(NC(=O)[C@@H]3CCC[C@H]3C3(C)CN=CN3)ncc2c(N)c1F. The molecule has 4 N–H and O–H groups in total. The predicted octanol–water partition coefficient (Wildman–Crippen LogP) is 4.07. The van der Waals surface area contributed by atoms with Crippen LogP contribution < -0.4 is 16.4 Å². The van der Waals surface area contributed by atoms with Crippen LogP contribution in [0.3, 0.4) is 0 Å². The summed E-state index contributed by atoms with van der Waals surface area (Å²) in [6, 6.07) is 5.32. The van der Waals surface area contributed by atoms with Crippen molar-refractivity contribution in [3.63, 3.8) is 0 Å². The van der Waals surface area contributed by atoms with E-state index in [9.17, 15) is 4.79 Å². The summed E-state index contributed by atoms with van der Waals surface area (Å²) in [6.45, 7) is 4.71. The first-order chi connectivity index (χ1) is 15.9. The van der Waals surface area contributed by atoms with E-state index in [1.807, 2.05) is 13.0 Å². The quantitative estimate of drug-likeness (QED) is 0.524. The first-order valence-corrected chi connectivity index (χ1v) is 11.2. The van der Waals surface area contributed by atoms with Crippen LogP contribution in [0, 0.1) is 24.6 Å². The van der Waals surface area contributed by atoms with E-state index in [2.05, 4.69) is 32.5 Å². The molecule has 1 aromatic carbocycles. The molecule has 1 unspecified atom stereocenters. The lowest BCUT2D eigenvalue weighted by molar-refractivity contribution is -0.121. The minimum Gasteiger partial charge on any atom is -0.396 e. The molecule has 0 saturated heterocycles. The average Bonchev–Trinajstić information content (AvgIpc) is 3.47. The highest BCUT2D eigenvalue weighted by Crippen LogP contribution is 2.41. The predicted molar refractivity (Wildman–Crippen MR) is 128 cm³/mol. The standard InChI is InChI=1S/C25H27FN6O/c1-14-6-7-28-10-18(14)17-8-15-9-21(30-11-19(15)23(27)22(17)26)32-24(33)16-4-3-5-20(16)25(2)12-29-13-31-25/h6-11,13,16,20H,3-5,12,27H2,1-2H3,(H,29,31)(H,30,32,33)/t16-,20-,25?/m1/s1. The first kappa shape index (κ1) is 21.3. The van der Waals surface area contributed by atoms with Gasteiger partial charge in [0.05, 0.1) is 24.1 Å². The molecule has 3 heterocycles. The Morgan fingerprint density at radius 1 is 1.27 bits per heavy atom. The Kier molecular flexibility index (Phi) is 5.23. The number of pyridine rings is 2. The van der Waals surface area contributed by atoms with Crippen molar-refractivity contribution in [2.45, 2.75) is 38.6 Å². The molecule has 33 heavy (non-hydrogen) atoms. The summed E-state index contributed by atoms with van der Waals surface area (Å²) in [6.07, 6.45) is 9.39. The molecule has 3 aromatic rings. The van der Waals surface area contributed by atoms with Crippen LogP contribution >= 0.6 is 0 Å². The molecule has 0 spiro atoms. The lowest BCUT2D eigenvalue weighted by Crippen LogP contribution is -2.50. The van der Waals surface area contributed by atoms with Crippen LogP contribution in [0.15, 0.2) is 41.8 Å². The van der Waals surface area contributed by atoms with Crippen molar-refractivity contribution in [3.05, 3.63) is 48.2 Å². The van der Waals surface area contributed by atoms with E-state index in [0.717, 1.165) is 24.8 Å². The van der Waals surface area contributed by atoms with Gasteiger partial charge in [0.25, 0.3) is 0 Å². The second-order valence-corrected chi connectivity index (χ2v) is 9.30. The van der Waals surface area contributed by atoms with E-state index in [-0.39, 0.29) is 29.0 Å². The van der Waals surface area contributed by atoms with Crippen LogP contribution in [0.25, 0.3) is 21.9 Å². The Hall–Kier alpha value is -3.55. The van der Waals surface area contributed by atoms with Gasteiger partial charge in [-0.15, -0.1) is 0 Å². The number of rotatable bonds is 4. The number of hydrogen-bond donors (Lipinski definition) is 3. The molecule has 2 aromatic heterocycles. The number of carbonyl (C=O) groups is 1. The van der Waals surface area contributed by atoms with E-state index < -0.39 is 5.82 Å². The number of carbonyl (C=O) groups excluding carboxylic acids is 1. The number of fused-ring (bicyclic) bond motifs is 1. The minimum atomic E-state index is -0.495. The highest BCUT2D eigenvalue weighted by atomic mass is 19.1. The summed E-state index contributed by atoms with van der Waals surface area (Å²) in [5, 5.41) is 7.55. The molecular formula is C25H27FN6O. The summed E-state index contributed by atoms with van der Waals surface area (Å²) >= 11 is 0. The highest BCUT2D eigenvalue weighted by Gasteiger charge is 2.45. The molecule has 8 heteroatoms. The first-order valence-electron chi connectivity index (χ1n) is 11.2. The van der Waals surface area contributed by atoms with E-state index in [0.29, 0.717) is 34.3 Å². The molecule has 0 bridgehead atoms. The van der Waals surface area contributed by atoms with Crippen LogP contribution in [0.1, 0.15) is 31.7 Å². The topological polar surface area (TPSA) is 105 Å². The molecule has 1 aliphatic heterocycles. The van der Waals surface area contributed by atoms with Crippen molar-refractivity contribution in [2.75, 3.05) is 17.6 Å². The largest absolute Gasteiger partial charge is 0.396 e. The number of anilines is 2. The van der Waals surface area contributed by atoms with Crippen molar-refractivity contribution < 1.29 is 9.18 Å². The number of aryl methyl sites for hydroxylation is 1. The summed E-state index contributed by atoms with van der Waals surface area (Å²) in [5.74, 6) is -0.0269. The number of aromatic nitrogens is 2. The second-order valence-electron chi connectivity index (χ2n) is 9.30. The molecule has 3 atom stereocenters. The Balaban J connectivity index is 1.45. The van der Waals surface area contributed by atoms with Crippen molar-refractivity contribution in [2.24, 2.45) is 16.8 Å². The Bertz CT molecular complexity index is 1270. The summed E-state index contributed by atoms with van der Waals surface area (Å²) in [7, 11) is 0. The van der Waals surface area contributed by atoms with Crippen molar-refractivity contribution in [1.82, 2.24) is 15.3 Å². The molecule has 1 fully saturated rings. The number of halogens is 1. The Morgan fingerprint density at radius 2 is 2.12 bits per heavy atom. The molecule has 1 amide bonds. The summed E-state index contributed by atoms with van der Waals surface area (Å²) in [4.78, 5) is 26.0. The molecule has 1 aliphatic carbocycles. The van der Waals surface area contributed by atoms with Crippen LogP contribution in [0.4, 0.5) is 15.9 Å².